The highest BCUT2D eigenvalue weighted by molar-refractivity contribution is 7.89. The number of thiazole rings is 1. The molecule has 3 N–H and O–H groups in total. The zero-order valence-electron chi connectivity index (χ0n) is 16.7. The van der Waals surface area contributed by atoms with Crippen LogP contribution in [-0.2, 0) is 16.4 Å². The fourth-order valence-electron chi connectivity index (χ4n) is 3.27. The molecule has 0 spiro atoms. The number of aromatic nitrogens is 1. The topological polar surface area (TPSA) is 96.5 Å². The van der Waals surface area contributed by atoms with Gasteiger partial charge in [-0.1, -0.05) is 61.6 Å². The second-order valence-electron chi connectivity index (χ2n) is 7.55. The first kappa shape index (κ1) is 21.7. The van der Waals surface area contributed by atoms with Crippen molar-refractivity contribution in [3.63, 3.8) is 0 Å². The van der Waals surface area contributed by atoms with Crippen LogP contribution in [0, 0.1) is 5.92 Å². The van der Waals surface area contributed by atoms with Crippen LogP contribution in [0.1, 0.15) is 25.8 Å². The van der Waals surface area contributed by atoms with Crippen LogP contribution in [0.4, 0.5) is 5.13 Å². The Balaban J connectivity index is 1.82. The molecular weight excluding hydrogens is 406 g/mol. The number of fused-ring (bicyclic) bond motifs is 1. The average molecular weight is 434 g/mol. The van der Waals surface area contributed by atoms with Crippen LogP contribution in [0.3, 0.4) is 0 Å². The molecule has 0 saturated carbocycles. The number of rotatable bonds is 9. The zero-order valence-corrected chi connectivity index (χ0v) is 18.3. The maximum atomic E-state index is 13.5. The molecule has 0 bridgehead atoms. The standard InChI is InChI=1S/C21H27N3O3S2/c1-15(2)13-24(14-17(25)12-11-16-7-4-3-5-8-16)29(26,27)19-10-6-9-18-20(19)28-21(22)23-18/h3-10,15,17,25H,11-14H2,1-2H3,(H2,22,23)/t17-/m1/s1. The van der Waals surface area contributed by atoms with Gasteiger partial charge >= 0.3 is 0 Å². The second kappa shape index (κ2) is 9.21. The Labute approximate surface area is 176 Å². The number of aryl methyl sites for hydroxylation is 1. The largest absolute Gasteiger partial charge is 0.392 e. The van der Waals surface area contributed by atoms with Crippen molar-refractivity contribution in [3.05, 3.63) is 54.1 Å². The van der Waals surface area contributed by atoms with E-state index in [1.54, 1.807) is 18.2 Å². The van der Waals surface area contributed by atoms with Gasteiger partial charge in [0, 0.05) is 13.1 Å². The molecule has 0 radical (unpaired) electrons. The van der Waals surface area contributed by atoms with E-state index in [0.29, 0.717) is 34.7 Å². The van der Waals surface area contributed by atoms with Crippen molar-refractivity contribution >= 4 is 36.7 Å². The van der Waals surface area contributed by atoms with Gasteiger partial charge in [-0.05, 0) is 36.5 Å². The molecule has 3 aromatic rings. The lowest BCUT2D eigenvalue weighted by Crippen LogP contribution is -2.40. The summed E-state index contributed by atoms with van der Waals surface area (Å²) in [6.07, 6.45) is 0.430. The van der Waals surface area contributed by atoms with Gasteiger partial charge < -0.3 is 10.8 Å². The number of anilines is 1. The molecule has 0 aliphatic rings. The minimum atomic E-state index is -3.80. The van der Waals surface area contributed by atoms with Crippen LogP contribution in [0.15, 0.2) is 53.4 Å². The minimum absolute atomic E-state index is 0.0536. The van der Waals surface area contributed by atoms with Gasteiger partial charge in [0.1, 0.15) is 4.90 Å². The molecule has 0 fully saturated rings. The lowest BCUT2D eigenvalue weighted by Gasteiger charge is -2.26. The summed E-state index contributed by atoms with van der Waals surface area (Å²) in [5.41, 5.74) is 7.49. The molecule has 0 saturated heterocycles. The van der Waals surface area contributed by atoms with Crippen molar-refractivity contribution in [1.29, 1.82) is 0 Å². The zero-order chi connectivity index (χ0) is 21.0. The second-order valence-corrected chi connectivity index (χ2v) is 10.5. The third kappa shape index (κ3) is 5.33. The smallest absolute Gasteiger partial charge is 0.244 e. The summed E-state index contributed by atoms with van der Waals surface area (Å²) in [5.74, 6) is 0.122. The number of hydrogen-bond donors (Lipinski definition) is 2. The van der Waals surface area contributed by atoms with E-state index in [0.717, 1.165) is 5.56 Å². The van der Waals surface area contributed by atoms with Crippen LogP contribution >= 0.6 is 11.3 Å². The van der Waals surface area contributed by atoms with Gasteiger partial charge in [0.15, 0.2) is 5.13 Å². The Morgan fingerprint density at radius 1 is 1.10 bits per heavy atom. The van der Waals surface area contributed by atoms with E-state index in [9.17, 15) is 13.5 Å². The van der Waals surface area contributed by atoms with Gasteiger partial charge in [-0.25, -0.2) is 13.4 Å². The summed E-state index contributed by atoms with van der Waals surface area (Å²) in [7, 11) is -3.80. The highest BCUT2D eigenvalue weighted by Crippen LogP contribution is 2.32. The van der Waals surface area contributed by atoms with E-state index < -0.39 is 16.1 Å². The summed E-state index contributed by atoms with van der Waals surface area (Å²) in [6, 6.07) is 14.9. The lowest BCUT2D eigenvalue weighted by atomic mass is 10.1. The van der Waals surface area contributed by atoms with Crippen molar-refractivity contribution < 1.29 is 13.5 Å². The Hall–Kier alpha value is -2.00. The first-order chi connectivity index (χ1) is 13.8. The number of sulfonamides is 1. The van der Waals surface area contributed by atoms with Crippen molar-refractivity contribution in [2.75, 3.05) is 18.8 Å². The number of nitrogen functional groups attached to an aromatic ring is 1. The normalized spacial score (nSPS) is 13.4. The van der Waals surface area contributed by atoms with E-state index in [1.807, 2.05) is 44.2 Å². The lowest BCUT2D eigenvalue weighted by molar-refractivity contribution is 0.133. The Morgan fingerprint density at radius 2 is 1.83 bits per heavy atom. The number of benzene rings is 2. The van der Waals surface area contributed by atoms with Gasteiger partial charge in [-0.2, -0.15) is 4.31 Å². The van der Waals surface area contributed by atoms with E-state index in [1.165, 1.54) is 15.6 Å². The fourth-order valence-corrected chi connectivity index (χ4v) is 6.18. The van der Waals surface area contributed by atoms with Gasteiger partial charge in [-0.3, -0.25) is 0 Å². The van der Waals surface area contributed by atoms with E-state index in [4.69, 9.17) is 5.73 Å². The van der Waals surface area contributed by atoms with Crippen molar-refractivity contribution in [1.82, 2.24) is 9.29 Å². The number of nitrogens with two attached hydrogens (primary N) is 1. The maximum absolute atomic E-state index is 13.5. The minimum Gasteiger partial charge on any atom is -0.392 e. The van der Waals surface area contributed by atoms with Crippen LogP contribution in [-0.4, -0.2) is 42.0 Å². The molecule has 156 valence electrons. The summed E-state index contributed by atoms with van der Waals surface area (Å²) in [5, 5.41) is 10.9. The molecule has 3 rings (SSSR count). The first-order valence-electron chi connectivity index (χ1n) is 9.64. The van der Waals surface area contributed by atoms with Crippen molar-refractivity contribution in [3.8, 4) is 0 Å². The molecule has 8 heteroatoms. The molecule has 6 nitrogen and oxygen atoms in total. The molecule has 0 unspecified atom stereocenters. The molecule has 0 aliphatic heterocycles. The number of aliphatic hydroxyl groups excluding tert-OH is 1. The molecular formula is C21H27N3O3S2. The molecule has 1 heterocycles. The third-order valence-corrected chi connectivity index (χ3v) is 7.54. The SMILES string of the molecule is CC(C)CN(C[C@H](O)CCc1ccccc1)S(=O)(=O)c1cccc2nc(N)sc12. The Morgan fingerprint density at radius 3 is 2.52 bits per heavy atom. The van der Waals surface area contributed by atoms with E-state index >= 15 is 0 Å². The van der Waals surface area contributed by atoms with Crippen LogP contribution in [0.2, 0.25) is 0 Å². The number of nitrogens with zero attached hydrogens (tertiary/aromatic N) is 2. The third-order valence-electron chi connectivity index (χ3n) is 4.61. The van der Waals surface area contributed by atoms with Crippen molar-refractivity contribution in [2.24, 2.45) is 5.92 Å². The van der Waals surface area contributed by atoms with E-state index in [-0.39, 0.29) is 17.4 Å². The summed E-state index contributed by atoms with van der Waals surface area (Å²) >= 11 is 1.17. The predicted molar refractivity (Wildman–Crippen MR) is 118 cm³/mol. The van der Waals surface area contributed by atoms with Gasteiger partial charge in [0.05, 0.1) is 16.3 Å². The molecule has 29 heavy (non-hydrogen) atoms. The monoisotopic (exact) mass is 433 g/mol. The van der Waals surface area contributed by atoms with Crippen LogP contribution in [0.25, 0.3) is 10.2 Å². The van der Waals surface area contributed by atoms with Gasteiger partial charge in [0.2, 0.25) is 10.0 Å². The van der Waals surface area contributed by atoms with Crippen molar-refractivity contribution in [2.45, 2.75) is 37.7 Å². The summed E-state index contributed by atoms with van der Waals surface area (Å²) in [6.45, 7) is 4.31. The molecule has 1 atom stereocenters. The Kier molecular flexibility index (Phi) is 6.89. The first-order valence-corrected chi connectivity index (χ1v) is 11.9. The summed E-state index contributed by atoms with van der Waals surface area (Å²) < 4.78 is 28.8. The number of hydrogen-bond acceptors (Lipinski definition) is 6. The average Bonchev–Trinajstić information content (AvgIpc) is 3.06. The molecule has 0 aliphatic carbocycles. The van der Waals surface area contributed by atoms with Gasteiger partial charge in [0.25, 0.3) is 0 Å². The molecule has 2 aromatic carbocycles. The Bertz CT molecular complexity index is 1050. The number of aliphatic hydroxyl groups is 1. The highest BCUT2D eigenvalue weighted by atomic mass is 32.2. The van der Waals surface area contributed by atoms with Crippen LogP contribution in [0.5, 0.6) is 0 Å². The van der Waals surface area contributed by atoms with E-state index in [2.05, 4.69) is 4.98 Å². The molecule has 0 amide bonds. The van der Waals surface area contributed by atoms with Gasteiger partial charge in [-0.15, -0.1) is 0 Å². The summed E-state index contributed by atoms with van der Waals surface area (Å²) in [4.78, 5) is 4.39. The predicted octanol–water partition coefficient (Wildman–Crippen LogP) is 3.52. The van der Waals surface area contributed by atoms with Crippen LogP contribution < -0.4 is 5.73 Å². The maximum Gasteiger partial charge on any atom is 0.244 e. The highest BCUT2D eigenvalue weighted by Gasteiger charge is 2.29. The molecule has 1 aromatic heterocycles. The quantitative estimate of drug-likeness (QED) is 0.538. The fraction of sp³-hybridized carbons (Fsp3) is 0.381.